The smallest absolute Gasteiger partial charge is 0.311 e. The van der Waals surface area contributed by atoms with Crippen LogP contribution in [0.25, 0.3) is 12.2 Å². The number of esters is 2. The third-order valence-electron chi connectivity index (χ3n) is 4.91. The second-order valence-corrected chi connectivity index (χ2v) is 7.91. The van der Waals surface area contributed by atoms with Crippen molar-refractivity contribution in [2.45, 2.75) is 39.5 Å². The van der Waals surface area contributed by atoms with Crippen molar-refractivity contribution in [3.8, 4) is 23.0 Å². The van der Waals surface area contributed by atoms with E-state index in [0.717, 1.165) is 6.08 Å². The maximum atomic E-state index is 12.3. The summed E-state index contributed by atoms with van der Waals surface area (Å²) in [7, 11) is 2.92. The van der Waals surface area contributed by atoms with Crippen LogP contribution in [-0.2, 0) is 14.4 Å². The van der Waals surface area contributed by atoms with Crippen LogP contribution in [0.4, 0.5) is 0 Å². The molecular formula is C29H32O8. The van der Waals surface area contributed by atoms with E-state index in [1.54, 1.807) is 48.6 Å². The Hall–Kier alpha value is -4.33. The molecule has 0 aromatic heterocycles. The monoisotopic (exact) mass is 508 g/mol. The lowest BCUT2D eigenvalue weighted by Gasteiger charge is -2.09. The standard InChI is InChI=1S/C29H32O8/c1-5-7-28(32)36-24-15-11-20(17-26(24)34-3)9-13-22(30)19-23(31)14-10-21-12-16-25(27(18-21)35-4)37-29(33)8-6-2/h9-19,30H,5-8H2,1-4H3/b13-9+,14-10+,22-19?. The highest BCUT2D eigenvalue weighted by atomic mass is 16.6. The topological polar surface area (TPSA) is 108 Å². The van der Waals surface area contributed by atoms with Crippen LogP contribution in [-0.4, -0.2) is 37.0 Å². The Balaban J connectivity index is 2.05. The molecule has 0 amide bonds. The van der Waals surface area contributed by atoms with E-state index < -0.39 is 5.78 Å². The van der Waals surface area contributed by atoms with Gasteiger partial charge < -0.3 is 24.1 Å². The molecule has 0 saturated heterocycles. The fraction of sp³-hybridized carbons (Fsp3) is 0.276. The number of allylic oxidation sites excluding steroid dienone is 3. The first-order chi connectivity index (χ1) is 17.8. The van der Waals surface area contributed by atoms with E-state index in [2.05, 4.69) is 0 Å². The number of ketones is 1. The van der Waals surface area contributed by atoms with Crippen molar-refractivity contribution in [2.75, 3.05) is 14.2 Å². The van der Waals surface area contributed by atoms with Gasteiger partial charge in [0, 0.05) is 18.9 Å². The molecule has 0 radical (unpaired) electrons. The van der Waals surface area contributed by atoms with E-state index in [4.69, 9.17) is 18.9 Å². The maximum Gasteiger partial charge on any atom is 0.311 e. The molecule has 2 aromatic rings. The number of aliphatic hydroxyl groups excluding tert-OH is 1. The number of carbonyl (C=O) groups is 3. The van der Waals surface area contributed by atoms with Gasteiger partial charge in [0.25, 0.3) is 0 Å². The molecule has 2 aromatic carbocycles. The molecular weight excluding hydrogens is 476 g/mol. The largest absolute Gasteiger partial charge is 0.508 e. The minimum atomic E-state index is -0.435. The minimum absolute atomic E-state index is 0.247. The molecule has 0 aliphatic carbocycles. The molecule has 0 bridgehead atoms. The summed E-state index contributed by atoms with van der Waals surface area (Å²) >= 11 is 0. The first-order valence-corrected chi connectivity index (χ1v) is 11.9. The summed E-state index contributed by atoms with van der Waals surface area (Å²) in [4.78, 5) is 35.7. The molecule has 0 aliphatic rings. The molecule has 0 aliphatic heterocycles. The molecule has 0 saturated carbocycles. The zero-order chi connectivity index (χ0) is 27.2. The van der Waals surface area contributed by atoms with Crippen molar-refractivity contribution in [2.24, 2.45) is 0 Å². The quantitative estimate of drug-likeness (QED) is 0.118. The number of hydrogen-bond donors (Lipinski definition) is 1. The minimum Gasteiger partial charge on any atom is -0.508 e. The van der Waals surface area contributed by atoms with Crippen LogP contribution >= 0.6 is 0 Å². The Kier molecular flexibility index (Phi) is 11.7. The number of benzene rings is 2. The molecule has 8 heteroatoms. The van der Waals surface area contributed by atoms with Gasteiger partial charge in [-0.3, -0.25) is 14.4 Å². The van der Waals surface area contributed by atoms with Crippen LogP contribution in [0.5, 0.6) is 23.0 Å². The van der Waals surface area contributed by atoms with Crippen LogP contribution < -0.4 is 18.9 Å². The van der Waals surface area contributed by atoms with Crippen molar-refractivity contribution < 1.29 is 38.4 Å². The summed E-state index contributed by atoms with van der Waals surface area (Å²) in [6.45, 7) is 3.77. The number of aliphatic hydroxyl groups is 1. The average molecular weight is 509 g/mol. The molecule has 0 unspecified atom stereocenters. The van der Waals surface area contributed by atoms with Crippen molar-refractivity contribution in [1.82, 2.24) is 0 Å². The lowest BCUT2D eigenvalue weighted by Crippen LogP contribution is -2.07. The maximum absolute atomic E-state index is 12.3. The lowest BCUT2D eigenvalue weighted by atomic mass is 10.1. The Morgan fingerprint density at radius 1 is 0.730 bits per heavy atom. The normalized spacial score (nSPS) is 11.5. The fourth-order valence-corrected chi connectivity index (χ4v) is 3.10. The molecule has 0 atom stereocenters. The second-order valence-electron chi connectivity index (χ2n) is 7.91. The van der Waals surface area contributed by atoms with Gasteiger partial charge in [-0.25, -0.2) is 0 Å². The van der Waals surface area contributed by atoms with Crippen LogP contribution in [0, 0.1) is 0 Å². The molecule has 0 heterocycles. The summed E-state index contributed by atoms with van der Waals surface area (Å²) in [6.07, 6.45) is 8.84. The first kappa shape index (κ1) is 28.9. The highest BCUT2D eigenvalue weighted by molar-refractivity contribution is 6.02. The zero-order valence-electron chi connectivity index (χ0n) is 21.5. The molecule has 2 rings (SSSR count). The summed E-state index contributed by atoms with van der Waals surface area (Å²) < 4.78 is 21.1. The van der Waals surface area contributed by atoms with Gasteiger partial charge in [-0.1, -0.05) is 38.1 Å². The third-order valence-corrected chi connectivity index (χ3v) is 4.91. The van der Waals surface area contributed by atoms with Crippen LogP contribution in [0.2, 0.25) is 0 Å². The van der Waals surface area contributed by atoms with Crippen molar-refractivity contribution in [3.63, 3.8) is 0 Å². The van der Waals surface area contributed by atoms with Gasteiger partial charge in [0.2, 0.25) is 0 Å². The zero-order valence-corrected chi connectivity index (χ0v) is 21.5. The van der Waals surface area contributed by atoms with Gasteiger partial charge in [0.05, 0.1) is 14.2 Å². The summed E-state index contributed by atoms with van der Waals surface area (Å²) in [5.41, 5.74) is 1.32. The van der Waals surface area contributed by atoms with Crippen LogP contribution in [0.1, 0.15) is 50.7 Å². The van der Waals surface area contributed by atoms with Gasteiger partial charge >= 0.3 is 11.9 Å². The Bertz CT molecular complexity index is 1190. The lowest BCUT2D eigenvalue weighted by molar-refractivity contribution is -0.135. The van der Waals surface area contributed by atoms with E-state index in [1.165, 1.54) is 26.4 Å². The molecule has 8 nitrogen and oxygen atoms in total. The van der Waals surface area contributed by atoms with E-state index in [-0.39, 0.29) is 17.7 Å². The SMILES string of the molecule is CCCC(=O)Oc1ccc(/C=C/C(=O)C=C(O)/C=C/c2ccc(OC(=O)CCC)c(OC)c2)cc1OC. The van der Waals surface area contributed by atoms with Crippen molar-refractivity contribution in [3.05, 3.63) is 71.5 Å². The predicted molar refractivity (Wildman–Crippen MR) is 141 cm³/mol. The van der Waals surface area contributed by atoms with Crippen LogP contribution in [0.3, 0.4) is 0 Å². The number of methoxy groups -OCH3 is 2. The van der Waals surface area contributed by atoms with E-state index in [9.17, 15) is 19.5 Å². The molecule has 0 spiro atoms. The summed E-state index contributed by atoms with van der Waals surface area (Å²) in [5, 5.41) is 10.1. The van der Waals surface area contributed by atoms with Gasteiger partial charge in [0.1, 0.15) is 5.76 Å². The van der Waals surface area contributed by atoms with Crippen molar-refractivity contribution in [1.29, 1.82) is 0 Å². The van der Waals surface area contributed by atoms with E-state index in [0.29, 0.717) is 59.8 Å². The fourth-order valence-electron chi connectivity index (χ4n) is 3.10. The second kappa shape index (κ2) is 14.9. The highest BCUT2D eigenvalue weighted by Crippen LogP contribution is 2.30. The van der Waals surface area contributed by atoms with Crippen molar-refractivity contribution >= 4 is 29.9 Å². The molecule has 0 fully saturated rings. The first-order valence-electron chi connectivity index (χ1n) is 11.9. The Morgan fingerprint density at radius 2 is 1.19 bits per heavy atom. The number of rotatable bonds is 13. The predicted octanol–water partition coefficient (Wildman–Crippen LogP) is 5.85. The van der Waals surface area contributed by atoms with E-state index >= 15 is 0 Å². The summed E-state index contributed by atoms with van der Waals surface area (Å²) in [6, 6.07) is 9.86. The number of ether oxygens (including phenoxy) is 4. The molecule has 1 N–H and O–H groups in total. The average Bonchev–Trinajstić information content (AvgIpc) is 2.87. The van der Waals surface area contributed by atoms with Crippen LogP contribution in [0.15, 0.2) is 60.4 Å². The van der Waals surface area contributed by atoms with Gasteiger partial charge in [-0.15, -0.1) is 0 Å². The van der Waals surface area contributed by atoms with Gasteiger partial charge in [-0.2, -0.15) is 0 Å². The van der Waals surface area contributed by atoms with E-state index in [1.807, 2.05) is 13.8 Å². The molecule has 196 valence electrons. The Morgan fingerprint density at radius 3 is 1.62 bits per heavy atom. The number of carbonyl (C=O) groups excluding carboxylic acids is 3. The van der Waals surface area contributed by atoms with Gasteiger partial charge in [-0.05, 0) is 60.4 Å². The Labute approximate surface area is 216 Å². The number of hydrogen-bond acceptors (Lipinski definition) is 8. The third kappa shape index (κ3) is 9.68. The summed E-state index contributed by atoms with van der Waals surface area (Å²) in [5.74, 6) is -0.0348. The molecule has 37 heavy (non-hydrogen) atoms. The highest BCUT2D eigenvalue weighted by Gasteiger charge is 2.11. The van der Waals surface area contributed by atoms with Gasteiger partial charge in [0.15, 0.2) is 28.8 Å².